The van der Waals surface area contributed by atoms with Gasteiger partial charge in [0.15, 0.2) is 5.75 Å². The number of pyridine rings is 2. The molecule has 0 unspecified atom stereocenters. The van der Waals surface area contributed by atoms with Gasteiger partial charge in [0.1, 0.15) is 16.6 Å². The molecule has 3 aromatic rings. The van der Waals surface area contributed by atoms with Gasteiger partial charge < -0.3 is 9.84 Å². The third-order valence-corrected chi connectivity index (χ3v) is 4.02. The molecule has 25 heavy (non-hydrogen) atoms. The van der Waals surface area contributed by atoms with Crippen LogP contribution in [-0.4, -0.2) is 15.1 Å². The Labute approximate surface area is 152 Å². The first kappa shape index (κ1) is 17.4. The van der Waals surface area contributed by atoms with E-state index in [0.717, 1.165) is 11.3 Å². The van der Waals surface area contributed by atoms with Gasteiger partial charge in [-0.2, -0.15) is 0 Å². The highest BCUT2D eigenvalue weighted by Gasteiger charge is 2.23. The lowest BCUT2D eigenvalue weighted by molar-refractivity contribution is 0.0772. The van der Waals surface area contributed by atoms with Crippen molar-refractivity contribution >= 4 is 11.6 Å². The van der Waals surface area contributed by atoms with Crippen molar-refractivity contribution < 1.29 is 9.84 Å². The Kier molecular flexibility index (Phi) is 4.75. The molecule has 0 radical (unpaired) electrons. The van der Waals surface area contributed by atoms with Crippen molar-refractivity contribution in [1.82, 2.24) is 9.97 Å². The zero-order valence-electron chi connectivity index (χ0n) is 14.3. The summed E-state index contributed by atoms with van der Waals surface area (Å²) in [6.07, 6.45) is 1.58. The Balaban J connectivity index is 2.15. The average Bonchev–Trinajstić information content (AvgIpc) is 2.56. The van der Waals surface area contributed by atoms with E-state index in [-0.39, 0.29) is 0 Å². The molecule has 5 heteroatoms. The maximum absolute atomic E-state index is 10.4. The van der Waals surface area contributed by atoms with Crippen LogP contribution in [0.1, 0.15) is 25.1 Å². The Morgan fingerprint density at radius 3 is 2.44 bits per heavy atom. The first-order valence-electron chi connectivity index (χ1n) is 7.94. The normalized spacial score (nSPS) is 11.4. The van der Waals surface area contributed by atoms with Crippen molar-refractivity contribution in [2.45, 2.75) is 26.4 Å². The van der Waals surface area contributed by atoms with Gasteiger partial charge in [0.25, 0.3) is 0 Å². The summed E-state index contributed by atoms with van der Waals surface area (Å²) in [5, 5.41) is 10.8. The fourth-order valence-electron chi connectivity index (χ4n) is 2.66. The molecule has 1 aromatic carbocycles. The third kappa shape index (κ3) is 3.98. The summed E-state index contributed by atoms with van der Waals surface area (Å²) in [4.78, 5) is 8.66. The molecule has 2 heterocycles. The summed E-state index contributed by atoms with van der Waals surface area (Å²) >= 11 is 5.95. The van der Waals surface area contributed by atoms with Crippen molar-refractivity contribution in [2.24, 2.45) is 0 Å². The molecule has 1 N–H and O–H groups in total. The topological polar surface area (TPSA) is 55.2 Å². The van der Waals surface area contributed by atoms with Crippen LogP contribution in [0, 0.1) is 6.92 Å². The van der Waals surface area contributed by atoms with E-state index in [1.807, 2.05) is 43.3 Å². The number of aryl methyl sites for hydroxylation is 1. The molecule has 128 valence electrons. The van der Waals surface area contributed by atoms with E-state index < -0.39 is 5.60 Å². The van der Waals surface area contributed by atoms with Crippen LogP contribution in [0.5, 0.6) is 11.5 Å². The highest BCUT2D eigenvalue weighted by atomic mass is 35.5. The maximum atomic E-state index is 10.4. The van der Waals surface area contributed by atoms with Gasteiger partial charge in [-0.25, -0.2) is 9.97 Å². The summed E-state index contributed by atoms with van der Waals surface area (Å²) in [6.45, 7) is 5.34. The first-order chi connectivity index (χ1) is 11.8. The van der Waals surface area contributed by atoms with E-state index in [1.165, 1.54) is 0 Å². The molecule has 4 nitrogen and oxygen atoms in total. The van der Waals surface area contributed by atoms with Crippen molar-refractivity contribution in [2.75, 3.05) is 0 Å². The van der Waals surface area contributed by atoms with Gasteiger partial charge in [-0.15, -0.1) is 0 Å². The standard InChI is InChI=1S/C20H19ClN2O2/c1-13-16(20(2,3)24)12-17(25-15-9-10-22-18(21)11-15)19(23-13)14-7-5-4-6-8-14/h4-12,24H,1-3H3. The third-order valence-electron chi connectivity index (χ3n) is 3.81. The largest absolute Gasteiger partial charge is 0.455 e. The van der Waals surface area contributed by atoms with Gasteiger partial charge in [0.2, 0.25) is 0 Å². The van der Waals surface area contributed by atoms with Crippen LogP contribution in [0.3, 0.4) is 0 Å². The molecule has 0 aliphatic heterocycles. The number of aliphatic hydroxyl groups is 1. The molecule has 2 aromatic heterocycles. The van der Waals surface area contributed by atoms with Gasteiger partial charge in [-0.05, 0) is 32.9 Å². The molecule has 0 atom stereocenters. The molecule has 0 amide bonds. The minimum atomic E-state index is -1.03. The smallest absolute Gasteiger partial charge is 0.154 e. The Morgan fingerprint density at radius 2 is 1.80 bits per heavy atom. The Hall–Kier alpha value is -2.43. The fourth-order valence-corrected chi connectivity index (χ4v) is 2.83. The molecule has 0 saturated heterocycles. The van der Waals surface area contributed by atoms with Crippen LogP contribution in [0.15, 0.2) is 54.7 Å². The van der Waals surface area contributed by atoms with Crippen molar-refractivity contribution in [3.8, 4) is 22.8 Å². The number of aromatic nitrogens is 2. The Bertz CT molecular complexity index is 890. The van der Waals surface area contributed by atoms with E-state index in [1.54, 1.807) is 32.2 Å². The second-order valence-electron chi connectivity index (χ2n) is 6.31. The van der Waals surface area contributed by atoms with E-state index >= 15 is 0 Å². The number of nitrogens with zero attached hydrogens (tertiary/aromatic N) is 2. The minimum absolute atomic E-state index is 0.349. The predicted octanol–water partition coefficient (Wildman–Crippen LogP) is 5.13. The number of ether oxygens (including phenoxy) is 1. The van der Waals surface area contributed by atoms with Crippen molar-refractivity contribution in [1.29, 1.82) is 0 Å². The lowest BCUT2D eigenvalue weighted by Crippen LogP contribution is -2.18. The molecule has 0 aliphatic carbocycles. The summed E-state index contributed by atoms with van der Waals surface area (Å²) in [7, 11) is 0. The monoisotopic (exact) mass is 354 g/mol. The van der Waals surface area contributed by atoms with Crippen molar-refractivity contribution in [3.05, 3.63) is 71.1 Å². The van der Waals surface area contributed by atoms with Crippen LogP contribution in [-0.2, 0) is 5.60 Å². The van der Waals surface area contributed by atoms with E-state index in [4.69, 9.17) is 21.3 Å². The number of benzene rings is 1. The second-order valence-corrected chi connectivity index (χ2v) is 6.70. The van der Waals surface area contributed by atoms with Crippen molar-refractivity contribution in [3.63, 3.8) is 0 Å². The van der Waals surface area contributed by atoms with Gasteiger partial charge in [-0.3, -0.25) is 0 Å². The van der Waals surface area contributed by atoms with Gasteiger partial charge in [0.05, 0.1) is 5.60 Å². The lowest BCUT2D eigenvalue weighted by atomic mass is 9.95. The highest BCUT2D eigenvalue weighted by molar-refractivity contribution is 6.29. The average molecular weight is 355 g/mol. The summed E-state index contributed by atoms with van der Waals surface area (Å²) < 4.78 is 6.04. The molecule has 0 spiro atoms. The van der Waals surface area contributed by atoms with E-state index in [9.17, 15) is 5.11 Å². The maximum Gasteiger partial charge on any atom is 0.154 e. The van der Waals surface area contributed by atoms with Crippen LogP contribution < -0.4 is 4.74 Å². The number of hydrogen-bond donors (Lipinski definition) is 1. The fraction of sp³-hybridized carbons (Fsp3) is 0.200. The molecular formula is C20H19ClN2O2. The summed E-state index contributed by atoms with van der Waals surface area (Å²) in [5.41, 5.74) is 2.08. The number of halogens is 1. The predicted molar refractivity (Wildman–Crippen MR) is 99.0 cm³/mol. The van der Waals surface area contributed by atoms with Crippen LogP contribution >= 0.6 is 11.6 Å². The van der Waals surface area contributed by atoms with Gasteiger partial charge in [-0.1, -0.05) is 41.9 Å². The highest BCUT2D eigenvalue weighted by Crippen LogP contribution is 2.36. The molecule has 0 saturated carbocycles. The lowest BCUT2D eigenvalue weighted by Gasteiger charge is -2.22. The van der Waals surface area contributed by atoms with Crippen LogP contribution in [0.4, 0.5) is 0 Å². The minimum Gasteiger partial charge on any atom is -0.455 e. The summed E-state index contributed by atoms with van der Waals surface area (Å²) in [5.74, 6) is 1.11. The zero-order chi connectivity index (χ0) is 18.0. The van der Waals surface area contributed by atoms with Gasteiger partial charge in [0, 0.05) is 29.1 Å². The second kappa shape index (κ2) is 6.82. The zero-order valence-corrected chi connectivity index (χ0v) is 15.1. The van der Waals surface area contributed by atoms with Crippen LogP contribution in [0.25, 0.3) is 11.3 Å². The first-order valence-corrected chi connectivity index (χ1v) is 8.32. The SMILES string of the molecule is Cc1nc(-c2ccccc2)c(Oc2ccnc(Cl)c2)cc1C(C)(C)O. The number of rotatable bonds is 4. The quantitative estimate of drug-likeness (QED) is 0.660. The number of hydrogen-bond acceptors (Lipinski definition) is 4. The molecular weight excluding hydrogens is 336 g/mol. The molecule has 0 aliphatic rings. The van der Waals surface area contributed by atoms with Gasteiger partial charge >= 0.3 is 0 Å². The van der Waals surface area contributed by atoms with E-state index in [2.05, 4.69) is 4.98 Å². The Morgan fingerprint density at radius 1 is 1.08 bits per heavy atom. The molecule has 3 rings (SSSR count). The molecule has 0 bridgehead atoms. The summed E-state index contributed by atoms with van der Waals surface area (Å²) in [6, 6.07) is 15.0. The van der Waals surface area contributed by atoms with Crippen LogP contribution in [0.2, 0.25) is 5.15 Å². The molecule has 0 fully saturated rings. The van der Waals surface area contributed by atoms with E-state index in [0.29, 0.717) is 27.9 Å².